The zero-order valence-electron chi connectivity index (χ0n) is 4.15. The summed E-state index contributed by atoms with van der Waals surface area (Å²) in [5.74, 6) is 0. The fraction of sp³-hybridized carbons (Fsp3) is 1.00. The topological polar surface area (TPSA) is 34.0 Å². The summed E-state index contributed by atoms with van der Waals surface area (Å²) in [6, 6.07) is 0.704. The molecule has 1 fully saturated rings. The number of hydrogen-bond acceptors (Lipinski definition) is 2. The van der Waals surface area contributed by atoms with Gasteiger partial charge >= 0.3 is 0 Å². The maximum absolute atomic E-state index is 3.17. The lowest BCUT2D eigenvalue weighted by Crippen LogP contribution is -2.13. The molecule has 2 nitrogen and oxygen atoms in total. The van der Waals surface area contributed by atoms with Gasteiger partial charge in [-0.2, -0.15) is 0 Å². The van der Waals surface area contributed by atoms with Crippen LogP contribution in [0.4, 0.5) is 0 Å². The van der Waals surface area contributed by atoms with Crippen molar-refractivity contribution in [1.82, 2.24) is 10.6 Å². The smallest absolute Gasteiger partial charge is 0.0728 e. The normalized spacial score (nSPS) is 43.0. The largest absolute Gasteiger partial charge is 0.304 e. The monoisotopic (exact) mass is 86.1 g/mol. The molecular weight excluding hydrogens is 76.1 g/mol. The van der Waals surface area contributed by atoms with E-state index >= 15 is 0 Å². The van der Waals surface area contributed by atoms with Gasteiger partial charge in [-0.15, -0.1) is 0 Å². The zero-order valence-corrected chi connectivity index (χ0v) is 4.15. The lowest BCUT2D eigenvalue weighted by molar-refractivity contribution is 0.775. The fourth-order valence-corrected chi connectivity index (χ4v) is 0.561. The molecular formula is C4H10N2. The molecule has 2 heteroatoms. The Morgan fingerprint density at radius 1 is 1.67 bits per heavy atom. The third kappa shape index (κ3) is 0.533. The highest BCUT2D eigenvalue weighted by atomic mass is 15.3. The minimum absolute atomic E-state index is 0.602. The Balaban J connectivity index is 2.09. The lowest BCUT2D eigenvalue weighted by Gasteiger charge is -1.82. The van der Waals surface area contributed by atoms with Gasteiger partial charge in [0.15, 0.2) is 0 Å². The molecule has 0 spiro atoms. The maximum Gasteiger partial charge on any atom is 0.0728 e. The summed E-state index contributed by atoms with van der Waals surface area (Å²) in [6.45, 7) is 2.15. The molecule has 36 valence electrons. The van der Waals surface area contributed by atoms with Gasteiger partial charge in [-0.25, -0.2) is 0 Å². The Hall–Kier alpha value is -0.0800. The summed E-state index contributed by atoms with van der Waals surface area (Å²) in [5.41, 5.74) is 0. The average molecular weight is 86.1 g/mol. The summed E-state index contributed by atoms with van der Waals surface area (Å²) in [5, 5.41) is 6.25. The van der Waals surface area contributed by atoms with E-state index < -0.39 is 0 Å². The second-order valence-electron chi connectivity index (χ2n) is 1.72. The number of nitrogens with one attached hydrogen (secondary N) is 2. The Morgan fingerprint density at radius 2 is 2.17 bits per heavy atom. The molecule has 0 radical (unpaired) electrons. The van der Waals surface area contributed by atoms with Gasteiger partial charge in [0.05, 0.1) is 6.17 Å². The van der Waals surface area contributed by atoms with E-state index in [2.05, 4.69) is 17.6 Å². The van der Waals surface area contributed by atoms with Gasteiger partial charge in [0.25, 0.3) is 0 Å². The highest BCUT2D eigenvalue weighted by Crippen LogP contribution is 2.02. The molecule has 6 heavy (non-hydrogen) atoms. The molecule has 0 unspecified atom stereocenters. The third-order valence-corrected chi connectivity index (χ3v) is 1.14. The highest BCUT2D eigenvalue weighted by molar-refractivity contribution is 4.90. The Bertz CT molecular complexity index is 51.5. The minimum Gasteiger partial charge on any atom is -0.304 e. The first-order valence-electron chi connectivity index (χ1n) is 2.28. The van der Waals surface area contributed by atoms with Gasteiger partial charge in [-0.05, 0) is 14.0 Å². The number of rotatable bonds is 1. The second kappa shape index (κ2) is 1.21. The fourth-order valence-electron chi connectivity index (χ4n) is 0.561. The highest BCUT2D eigenvalue weighted by Gasteiger charge is 2.28. The van der Waals surface area contributed by atoms with Crippen molar-refractivity contribution in [2.45, 2.75) is 19.1 Å². The molecule has 1 rings (SSSR count). The van der Waals surface area contributed by atoms with Crippen LogP contribution in [0.3, 0.4) is 0 Å². The standard InChI is InChI=1S/C4H10N2/c1-3-4(5-2)6-3/h3-6H,1-2H3/t3-,4-/m1/s1. The van der Waals surface area contributed by atoms with Crippen LogP contribution in [-0.4, -0.2) is 19.3 Å². The van der Waals surface area contributed by atoms with Crippen molar-refractivity contribution in [2.75, 3.05) is 7.05 Å². The summed E-state index contributed by atoms with van der Waals surface area (Å²) >= 11 is 0. The van der Waals surface area contributed by atoms with Crippen molar-refractivity contribution in [3.05, 3.63) is 0 Å². The molecule has 2 atom stereocenters. The van der Waals surface area contributed by atoms with Crippen LogP contribution in [0, 0.1) is 0 Å². The van der Waals surface area contributed by atoms with Crippen LogP contribution in [0.2, 0.25) is 0 Å². The van der Waals surface area contributed by atoms with E-state index in [-0.39, 0.29) is 0 Å². The van der Waals surface area contributed by atoms with E-state index in [4.69, 9.17) is 0 Å². The summed E-state index contributed by atoms with van der Waals surface area (Å²) in [6.07, 6.45) is 0.602. The van der Waals surface area contributed by atoms with Gasteiger partial charge in [0.2, 0.25) is 0 Å². The molecule has 1 aliphatic rings. The first-order chi connectivity index (χ1) is 2.84. The van der Waals surface area contributed by atoms with Crippen molar-refractivity contribution in [3.63, 3.8) is 0 Å². The molecule has 1 saturated heterocycles. The van der Waals surface area contributed by atoms with Crippen LogP contribution in [-0.2, 0) is 0 Å². The Kier molecular flexibility index (Phi) is 0.821. The third-order valence-electron chi connectivity index (χ3n) is 1.14. The number of likely N-dealkylation sites (N-methyl/N-ethyl adjacent to an activating group) is 1. The van der Waals surface area contributed by atoms with E-state index in [0.717, 1.165) is 0 Å². The maximum atomic E-state index is 3.17. The first kappa shape index (κ1) is 4.09. The van der Waals surface area contributed by atoms with Crippen molar-refractivity contribution < 1.29 is 0 Å². The van der Waals surface area contributed by atoms with Crippen LogP contribution in [0.15, 0.2) is 0 Å². The van der Waals surface area contributed by atoms with E-state index in [1.54, 1.807) is 0 Å². The predicted molar refractivity (Wildman–Crippen MR) is 25.4 cm³/mol. The van der Waals surface area contributed by atoms with Crippen LogP contribution in [0.1, 0.15) is 6.92 Å². The molecule has 1 heterocycles. The predicted octanol–water partition coefficient (Wildman–Crippen LogP) is -0.476. The number of hydrogen-bond donors (Lipinski definition) is 2. The molecule has 0 aliphatic carbocycles. The summed E-state index contributed by atoms with van der Waals surface area (Å²) in [7, 11) is 1.96. The molecule has 0 saturated carbocycles. The van der Waals surface area contributed by atoms with E-state index in [9.17, 15) is 0 Å². The quantitative estimate of drug-likeness (QED) is 0.423. The Labute approximate surface area is 37.9 Å². The van der Waals surface area contributed by atoms with Crippen molar-refractivity contribution in [2.24, 2.45) is 0 Å². The Morgan fingerprint density at radius 3 is 2.17 bits per heavy atom. The molecule has 0 aromatic heterocycles. The van der Waals surface area contributed by atoms with Crippen molar-refractivity contribution in [3.8, 4) is 0 Å². The van der Waals surface area contributed by atoms with Gasteiger partial charge in [-0.3, -0.25) is 5.32 Å². The van der Waals surface area contributed by atoms with Gasteiger partial charge in [0, 0.05) is 6.04 Å². The average Bonchev–Trinajstić information content (AvgIpc) is 2.19. The SMILES string of the molecule is CN[C@@H]1N[C@@H]1C. The van der Waals surface area contributed by atoms with Gasteiger partial charge in [0.1, 0.15) is 0 Å². The van der Waals surface area contributed by atoms with Crippen molar-refractivity contribution in [1.29, 1.82) is 0 Å². The van der Waals surface area contributed by atoms with Gasteiger partial charge in [-0.1, -0.05) is 0 Å². The van der Waals surface area contributed by atoms with Crippen LogP contribution < -0.4 is 10.6 Å². The lowest BCUT2D eigenvalue weighted by atomic mass is 10.5. The zero-order chi connectivity index (χ0) is 4.57. The molecule has 0 bridgehead atoms. The molecule has 2 N–H and O–H groups in total. The van der Waals surface area contributed by atoms with E-state index in [1.807, 2.05) is 7.05 Å². The molecule has 0 aromatic carbocycles. The second-order valence-corrected chi connectivity index (χ2v) is 1.72. The van der Waals surface area contributed by atoms with Crippen LogP contribution >= 0.6 is 0 Å². The van der Waals surface area contributed by atoms with Gasteiger partial charge < -0.3 is 5.32 Å². The van der Waals surface area contributed by atoms with Crippen molar-refractivity contribution >= 4 is 0 Å². The van der Waals surface area contributed by atoms with Crippen LogP contribution in [0.25, 0.3) is 0 Å². The van der Waals surface area contributed by atoms with Crippen LogP contribution in [0.5, 0.6) is 0 Å². The summed E-state index contributed by atoms with van der Waals surface area (Å²) < 4.78 is 0. The van der Waals surface area contributed by atoms with E-state index in [1.165, 1.54) is 0 Å². The van der Waals surface area contributed by atoms with E-state index in [0.29, 0.717) is 12.2 Å². The molecule has 0 amide bonds. The summed E-state index contributed by atoms with van der Waals surface area (Å²) in [4.78, 5) is 0. The molecule has 1 aliphatic heterocycles. The minimum atomic E-state index is 0.602. The molecule has 0 aromatic rings. The first-order valence-corrected chi connectivity index (χ1v) is 2.28.